The number of carbonyl (C=O) groups is 2. The van der Waals surface area contributed by atoms with Gasteiger partial charge >= 0.3 is 0 Å². The summed E-state index contributed by atoms with van der Waals surface area (Å²) in [6.45, 7) is 5.88. The lowest BCUT2D eigenvalue weighted by atomic mass is 9.75. The van der Waals surface area contributed by atoms with E-state index >= 15 is 0 Å². The minimum Gasteiger partial charge on any atom is -0.353 e. The molecular weight excluding hydrogens is 276 g/mol. The van der Waals surface area contributed by atoms with Gasteiger partial charge in [0.15, 0.2) is 0 Å². The molecule has 0 bridgehead atoms. The van der Waals surface area contributed by atoms with Gasteiger partial charge < -0.3 is 10.6 Å². The molecule has 0 saturated heterocycles. The molecule has 22 heavy (non-hydrogen) atoms. The van der Waals surface area contributed by atoms with Crippen molar-refractivity contribution >= 4 is 11.8 Å². The molecule has 0 radical (unpaired) electrons. The van der Waals surface area contributed by atoms with Gasteiger partial charge in [-0.05, 0) is 38.0 Å². The first-order valence-electron chi connectivity index (χ1n) is 9.06. The Morgan fingerprint density at radius 3 is 2.09 bits per heavy atom. The van der Waals surface area contributed by atoms with Gasteiger partial charge in [0, 0.05) is 23.9 Å². The number of hydrogen-bond acceptors (Lipinski definition) is 2. The predicted octanol–water partition coefficient (Wildman–Crippen LogP) is 3.01. The van der Waals surface area contributed by atoms with Crippen LogP contribution in [-0.2, 0) is 9.59 Å². The fourth-order valence-corrected chi connectivity index (χ4v) is 3.61. The van der Waals surface area contributed by atoms with Gasteiger partial charge in [-0.1, -0.05) is 40.0 Å². The fraction of sp³-hybridized carbons (Fsp3) is 0.889. The molecular formula is C18H32N2O2. The lowest BCUT2D eigenvalue weighted by Crippen LogP contribution is -2.47. The highest BCUT2D eigenvalue weighted by Gasteiger charge is 2.33. The number of carbonyl (C=O) groups excluding carboxylic acids is 2. The van der Waals surface area contributed by atoms with Gasteiger partial charge in [0.1, 0.15) is 0 Å². The van der Waals surface area contributed by atoms with Gasteiger partial charge in [-0.15, -0.1) is 0 Å². The lowest BCUT2D eigenvalue weighted by molar-refractivity contribution is -0.128. The highest BCUT2D eigenvalue weighted by Crippen LogP contribution is 2.33. The molecule has 2 amide bonds. The fourth-order valence-electron chi connectivity index (χ4n) is 3.61. The van der Waals surface area contributed by atoms with Crippen molar-refractivity contribution in [2.75, 3.05) is 0 Å². The molecule has 0 heterocycles. The average molecular weight is 308 g/mol. The molecule has 2 fully saturated rings. The van der Waals surface area contributed by atoms with E-state index in [1.54, 1.807) is 0 Å². The van der Waals surface area contributed by atoms with Crippen molar-refractivity contribution in [2.24, 2.45) is 17.8 Å². The van der Waals surface area contributed by atoms with Crippen LogP contribution in [0.2, 0.25) is 0 Å². The number of rotatable bonds is 6. The zero-order valence-electron chi connectivity index (χ0n) is 14.4. The van der Waals surface area contributed by atoms with E-state index in [1.165, 1.54) is 19.3 Å². The quantitative estimate of drug-likeness (QED) is 0.792. The molecule has 2 aliphatic carbocycles. The first-order valence-corrected chi connectivity index (χ1v) is 9.06. The van der Waals surface area contributed by atoms with Crippen LogP contribution in [0.1, 0.15) is 72.1 Å². The van der Waals surface area contributed by atoms with E-state index in [0.29, 0.717) is 18.0 Å². The van der Waals surface area contributed by atoms with Gasteiger partial charge in [-0.2, -0.15) is 0 Å². The Morgan fingerprint density at radius 2 is 1.50 bits per heavy atom. The van der Waals surface area contributed by atoms with E-state index in [2.05, 4.69) is 10.6 Å². The summed E-state index contributed by atoms with van der Waals surface area (Å²) in [6.07, 6.45) is 9.11. The van der Waals surface area contributed by atoms with Crippen LogP contribution in [0.3, 0.4) is 0 Å². The summed E-state index contributed by atoms with van der Waals surface area (Å²) in [5.74, 6) is 1.10. The number of amides is 2. The molecule has 2 aliphatic rings. The minimum absolute atomic E-state index is 0.0549. The van der Waals surface area contributed by atoms with E-state index < -0.39 is 0 Å². The van der Waals surface area contributed by atoms with Crippen LogP contribution in [0.5, 0.6) is 0 Å². The van der Waals surface area contributed by atoms with Gasteiger partial charge in [0.2, 0.25) is 11.8 Å². The molecule has 0 aromatic heterocycles. The Labute approximate surface area is 134 Å². The van der Waals surface area contributed by atoms with Gasteiger partial charge in [0.05, 0.1) is 0 Å². The zero-order chi connectivity index (χ0) is 16.1. The molecule has 1 unspecified atom stereocenters. The molecule has 0 aromatic carbocycles. The second kappa shape index (κ2) is 7.98. The summed E-state index contributed by atoms with van der Waals surface area (Å²) in [6, 6.07) is 0.733. The van der Waals surface area contributed by atoms with Gasteiger partial charge in [-0.3, -0.25) is 9.59 Å². The van der Waals surface area contributed by atoms with Crippen molar-refractivity contribution < 1.29 is 9.59 Å². The van der Waals surface area contributed by atoms with E-state index in [0.717, 1.165) is 32.1 Å². The third-order valence-electron chi connectivity index (χ3n) is 5.19. The zero-order valence-corrected chi connectivity index (χ0v) is 14.4. The third-order valence-corrected chi connectivity index (χ3v) is 5.19. The molecule has 2 saturated carbocycles. The molecule has 2 N–H and O–H groups in total. The number of nitrogens with one attached hydrogen (secondary N) is 2. The Hall–Kier alpha value is -1.06. The van der Waals surface area contributed by atoms with Crippen molar-refractivity contribution in [2.45, 2.75) is 84.2 Å². The van der Waals surface area contributed by atoms with Crippen LogP contribution < -0.4 is 10.6 Å². The maximum absolute atomic E-state index is 12.3. The molecule has 4 nitrogen and oxygen atoms in total. The average Bonchev–Trinajstić information content (AvgIpc) is 2.45. The maximum Gasteiger partial charge on any atom is 0.223 e. The highest BCUT2D eigenvalue weighted by molar-refractivity contribution is 5.79. The normalized spacial score (nSPS) is 27.1. The first kappa shape index (κ1) is 17.3. The predicted molar refractivity (Wildman–Crippen MR) is 88.3 cm³/mol. The second-order valence-electron chi connectivity index (χ2n) is 7.68. The van der Waals surface area contributed by atoms with Crippen molar-refractivity contribution in [3.8, 4) is 0 Å². The molecule has 0 spiro atoms. The summed E-state index contributed by atoms with van der Waals surface area (Å²) < 4.78 is 0. The highest BCUT2D eigenvalue weighted by atomic mass is 16.2. The minimum atomic E-state index is 0.0549. The molecule has 1 atom stereocenters. The van der Waals surface area contributed by atoms with Crippen LogP contribution in [0.15, 0.2) is 0 Å². The van der Waals surface area contributed by atoms with Crippen molar-refractivity contribution in [1.29, 1.82) is 0 Å². The SMILES string of the molecule is CC(C)C(=O)NC1CC(CC(C)C(=O)NC2CCCCC2)C1. The Morgan fingerprint density at radius 1 is 0.909 bits per heavy atom. The largest absolute Gasteiger partial charge is 0.353 e. The van der Waals surface area contributed by atoms with Crippen LogP contribution in [0.4, 0.5) is 0 Å². The standard InChI is InChI=1S/C18H32N2O2/c1-12(2)17(21)20-16-10-14(11-16)9-13(3)18(22)19-15-7-5-4-6-8-15/h12-16H,4-11H2,1-3H3,(H,19,22)(H,20,21). The molecule has 0 aromatic rings. The molecule has 0 aliphatic heterocycles. The van der Waals surface area contributed by atoms with Crippen molar-refractivity contribution in [3.63, 3.8) is 0 Å². The van der Waals surface area contributed by atoms with E-state index in [4.69, 9.17) is 0 Å². The van der Waals surface area contributed by atoms with E-state index in [-0.39, 0.29) is 23.7 Å². The monoisotopic (exact) mass is 308 g/mol. The molecule has 2 rings (SSSR count). The van der Waals surface area contributed by atoms with Crippen LogP contribution >= 0.6 is 0 Å². The Bertz CT molecular complexity index is 383. The van der Waals surface area contributed by atoms with Crippen molar-refractivity contribution in [3.05, 3.63) is 0 Å². The smallest absolute Gasteiger partial charge is 0.223 e. The van der Waals surface area contributed by atoms with E-state index in [1.807, 2.05) is 20.8 Å². The Kier molecular flexibility index (Phi) is 6.27. The first-order chi connectivity index (χ1) is 10.5. The lowest BCUT2D eigenvalue weighted by Gasteiger charge is -2.37. The van der Waals surface area contributed by atoms with Gasteiger partial charge in [0.25, 0.3) is 0 Å². The summed E-state index contributed by atoms with van der Waals surface area (Å²) in [4.78, 5) is 23.9. The molecule has 4 heteroatoms. The van der Waals surface area contributed by atoms with Crippen molar-refractivity contribution in [1.82, 2.24) is 10.6 Å². The maximum atomic E-state index is 12.3. The third kappa shape index (κ3) is 4.99. The van der Waals surface area contributed by atoms with Crippen LogP contribution in [0, 0.1) is 17.8 Å². The number of hydrogen-bond donors (Lipinski definition) is 2. The topological polar surface area (TPSA) is 58.2 Å². The Balaban J connectivity index is 1.62. The summed E-state index contributed by atoms with van der Waals surface area (Å²) >= 11 is 0. The summed E-state index contributed by atoms with van der Waals surface area (Å²) in [5, 5.41) is 6.30. The second-order valence-corrected chi connectivity index (χ2v) is 7.68. The van der Waals surface area contributed by atoms with Crippen LogP contribution in [-0.4, -0.2) is 23.9 Å². The van der Waals surface area contributed by atoms with E-state index in [9.17, 15) is 9.59 Å². The van der Waals surface area contributed by atoms with Gasteiger partial charge in [-0.25, -0.2) is 0 Å². The summed E-state index contributed by atoms with van der Waals surface area (Å²) in [7, 11) is 0. The molecule has 126 valence electrons. The summed E-state index contributed by atoms with van der Waals surface area (Å²) in [5.41, 5.74) is 0. The van der Waals surface area contributed by atoms with Crippen LogP contribution in [0.25, 0.3) is 0 Å².